The predicted molar refractivity (Wildman–Crippen MR) is 68.8 cm³/mol. The van der Waals surface area contributed by atoms with Gasteiger partial charge in [0.2, 0.25) is 0 Å². The fraction of sp³-hybridized carbons (Fsp3) is 0.308. The Morgan fingerprint density at radius 3 is 2.65 bits per heavy atom. The average molecular weight is 309 g/mol. The standard InChI is InChI=1S/C13H12ClF3O3/c14-7-1-2-9-3-4-10(5-6-12(18)19)11(8-9)20-13(15,16)17/h3-6,8H,1-2,7H2,(H,18,19)/b6-5+. The number of hydrogen-bond donors (Lipinski definition) is 1. The topological polar surface area (TPSA) is 46.5 Å². The van der Waals surface area contributed by atoms with E-state index < -0.39 is 18.1 Å². The van der Waals surface area contributed by atoms with E-state index in [1.807, 2.05) is 0 Å². The van der Waals surface area contributed by atoms with Gasteiger partial charge in [-0.3, -0.25) is 0 Å². The molecule has 0 aromatic heterocycles. The lowest BCUT2D eigenvalue weighted by Crippen LogP contribution is -2.18. The van der Waals surface area contributed by atoms with Crippen molar-refractivity contribution < 1.29 is 27.8 Å². The summed E-state index contributed by atoms with van der Waals surface area (Å²) in [6.45, 7) is 0. The third-order valence-corrected chi connectivity index (χ3v) is 2.58. The van der Waals surface area contributed by atoms with E-state index in [1.165, 1.54) is 12.1 Å². The summed E-state index contributed by atoms with van der Waals surface area (Å²) in [7, 11) is 0. The number of hydrogen-bond acceptors (Lipinski definition) is 2. The summed E-state index contributed by atoms with van der Waals surface area (Å²) < 4.78 is 40.9. The normalized spacial score (nSPS) is 11.8. The quantitative estimate of drug-likeness (QED) is 0.641. The second-order valence-corrected chi connectivity index (χ2v) is 4.26. The van der Waals surface area contributed by atoms with Gasteiger partial charge in [-0.1, -0.05) is 12.1 Å². The molecule has 1 rings (SSSR count). The van der Waals surface area contributed by atoms with Crippen LogP contribution in [0.3, 0.4) is 0 Å². The first-order valence-electron chi connectivity index (χ1n) is 5.67. The molecule has 0 aliphatic heterocycles. The van der Waals surface area contributed by atoms with Gasteiger partial charge in [0.1, 0.15) is 5.75 Å². The maximum absolute atomic E-state index is 12.3. The van der Waals surface area contributed by atoms with Crippen molar-refractivity contribution in [1.29, 1.82) is 0 Å². The minimum Gasteiger partial charge on any atom is -0.478 e. The van der Waals surface area contributed by atoms with E-state index in [0.717, 1.165) is 12.2 Å². The van der Waals surface area contributed by atoms with Gasteiger partial charge in [0.05, 0.1) is 0 Å². The number of carboxylic acids is 1. The van der Waals surface area contributed by atoms with Gasteiger partial charge in [-0.15, -0.1) is 24.8 Å². The Morgan fingerprint density at radius 1 is 1.40 bits per heavy atom. The second kappa shape index (κ2) is 7.19. The summed E-state index contributed by atoms with van der Waals surface area (Å²) in [5, 5.41) is 8.50. The zero-order valence-electron chi connectivity index (χ0n) is 10.3. The molecule has 0 radical (unpaired) electrons. The Bertz CT molecular complexity index is 498. The van der Waals surface area contributed by atoms with Crippen LogP contribution < -0.4 is 4.74 Å². The van der Waals surface area contributed by atoms with Gasteiger partial charge < -0.3 is 9.84 Å². The minimum atomic E-state index is -4.84. The molecule has 20 heavy (non-hydrogen) atoms. The fourth-order valence-corrected chi connectivity index (χ4v) is 1.65. The first-order chi connectivity index (χ1) is 9.31. The molecule has 0 atom stereocenters. The monoisotopic (exact) mass is 308 g/mol. The Kier molecular flexibility index (Phi) is 5.88. The maximum atomic E-state index is 12.3. The third-order valence-electron chi connectivity index (χ3n) is 2.31. The Balaban J connectivity index is 3.05. The van der Waals surface area contributed by atoms with E-state index in [-0.39, 0.29) is 5.56 Å². The molecule has 0 unspecified atom stereocenters. The van der Waals surface area contributed by atoms with Gasteiger partial charge in [-0.2, -0.15) is 0 Å². The molecule has 0 saturated carbocycles. The van der Waals surface area contributed by atoms with Crippen LogP contribution in [-0.4, -0.2) is 23.3 Å². The summed E-state index contributed by atoms with van der Waals surface area (Å²) >= 11 is 5.53. The lowest BCUT2D eigenvalue weighted by molar-refractivity contribution is -0.274. The molecular weight excluding hydrogens is 297 g/mol. The molecule has 1 N–H and O–H groups in total. The SMILES string of the molecule is O=C(O)/C=C/c1ccc(CCCCl)cc1OC(F)(F)F. The average Bonchev–Trinajstić information content (AvgIpc) is 2.33. The third kappa shape index (κ3) is 5.97. The highest BCUT2D eigenvalue weighted by atomic mass is 35.5. The van der Waals surface area contributed by atoms with Gasteiger partial charge in [-0.25, -0.2) is 4.79 Å². The van der Waals surface area contributed by atoms with Gasteiger partial charge in [-0.05, 0) is 30.5 Å². The smallest absolute Gasteiger partial charge is 0.478 e. The van der Waals surface area contributed by atoms with E-state index in [1.54, 1.807) is 6.07 Å². The van der Waals surface area contributed by atoms with Crippen molar-refractivity contribution in [3.8, 4) is 5.75 Å². The van der Waals surface area contributed by atoms with Crippen molar-refractivity contribution in [3.63, 3.8) is 0 Å². The number of alkyl halides is 4. The number of carbonyl (C=O) groups is 1. The Morgan fingerprint density at radius 2 is 2.10 bits per heavy atom. The van der Waals surface area contributed by atoms with Gasteiger partial charge >= 0.3 is 12.3 Å². The molecular formula is C13H12ClF3O3. The molecule has 3 nitrogen and oxygen atoms in total. The van der Waals surface area contributed by atoms with Gasteiger partial charge in [0, 0.05) is 17.5 Å². The number of benzene rings is 1. The lowest BCUT2D eigenvalue weighted by atomic mass is 10.1. The van der Waals surface area contributed by atoms with Crippen molar-refractivity contribution in [2.75, 3.05) is 5.88 Å². The molecule has 0 bridgehead atoms. The molecule has 0 aliphatic rings. The van der Waals surface area contributed by atoms with E-state index in [0.29, 0.717) is 24.3 Å². The fourth-order valence-electron chi connectivity index (χ4n) is 1.52. The van der Waals surface area contributed by atoms with Gasteiger partial charge in [0.15, 0.2) is 0 Å². The highest BCUT2D eigenvalue weighted by Crippen LogP contribution is 2.29. The zero-order valence-corrected chi connectivity index (χ0v) is 11.0. The number of aryl methyl sites for hydroxylation is 1. The Hall–Kier alpha value is -1.69. The molecule has 0 heterocycles. The number of carboxylic acid groups (broad SMARTS) is 1. The number of rotatable bonds is 6. The summed E-state index contributed by atoms with van der Waals surface area (Å²) in [6.07, 6.45) is -1.90. The first kappa shape index (κ1) is 16.4. The Labute approximate surface area is 118 Å². The highest BCUT2D eigenvalue weighted by Gasteiger charge is 2.32. The van der Waals surface area contributed by atoms with Crippen LogP contribution in [0.1, 0.15) is 17.5 Å². The van der Waals surface area contributed by atoms with E-state index >= 15 is 0 Å². The summed E-state index contributed by atoms with van der Waals surface area (Å²) in [5.41, 5.74) is 0.678. The van der Waals surface area contributed by atoms with Crippen LogP contribution in [0.5, 0.6) is 5.75 Å². The highest BCUT2D eigenvalue weighted by molar-refractivity contribution is 6.17. The van der Waals surface area contributed by atoms with E-state index in [4.69, 9.17) is 16.7 Å². The first-order valence-corrected chi connectivity index (χ1v) is 6.21. The molecule has 1 aromatic carbocycles. The van der Waals surface area contributed by atoms with Crippen LogP contribution >= 0.6 is 11.6 Å². The van der Waals surface area contributed by atoms with E-state index in [9.17, 15) is 18.0 Å². The van der Waals surface area contributed by atoms with Crippen molar-refractivity contribution in [2.45, 2.75) is 19.2 Å². The van der Waals surface area contributed by atoms with Crippen molar-refractivity contribution in [2.24, 2.45) is 0 Å². The lowest BCUT2D eigenvalue weighted by Gasteiger charge is -2.13. The predicted octanol–water partition coefficient (Wildman–Crippen LogP) is 3.85. The van der Waals surface area contributed by atoms with Crippen LogP contribution in [0.25, 0.3) is 6.08 Å². The second-order valence-electron chi connectivity index (χ2n) is 3.88. The molecule has 0 saturated heterocycles. The van der Waals surface area contributed by atoms with E-state index in [2.05, 4.69) is 4.74 Å². The van der Waals surface area contributed by atoms with Crippen LogP contribution in [0.15, 0.2) is 24.3 Å². The molecule has 1 aromatic rings. The summed E-state index contributed by atoms with van der Waals surface area (Å²) in [6, 6.07) is 4.23. The van der Waals surface area contributed by atoms with Crippen molar-refractivity contribution in [3.05, 3.63) is 35.4 Å². The molecule has 7 heteroatoms. The zero-order chi connectivity index (χ0) is 15.2. The molecule has 0 spiro atoms. The number of aliphatic carboxylic acids is 1. The summed E-state index contributed by atoms with van der Waals surface area (Å²) in [5.74, 6) is -1.29. The van der Waals surface area contributed by atoms with Crippen LogP contribution in [-0.2, 0) is 11.2 Å². The minimum absolute atomic E-state index is 0.0411. The number of halogens is 4. The maximum Gasteiger partial charge on any atom is 0.573 e. The molecule has 0 amide bonds. The van der Waals surface area contributed by atoms with Crippen LogP contribution in [0.4, 0.5) is 13.2 Å². The van der Waals surface area contributed by atoms with Crippen molar-refractivity contribution >= 4 is 23.6 Å². The van der Waals surface area contributed by atoms with Crippen molar-refractivity contribution in [1.82, 2.24) is 0 Å². The molecule has 0 fully saturated rings. The number of ether oxygens (including phenoxy) is 1. The van der Waals surface area contributed by atoms with Crippen LogP contribution in [0, 0.1) is 0 Å². The van der Waals surface area contributed by atoms with Gasteiger partial charge in [0.25, 0.3) is 0 Å². The molecule has 0 aliphatic carbocycles. The van der Waals surface area contributed by atoms with Crippen LogP contribution in [0.2, 0.25) is 0 Å². The summed E-state index contributed by atoms with van der Waals surface area (Å²) in [4.78, 5) is 10.4. The largest absolute Gasteiger partial charge is 0.573 e. The molecule has 110 valence electrons.